The average Bonchev–Trinajstić information content (AvgIpc) is 3.01. The molecule has 10 heteroatoms. The average molecular weight is 429 g/mol. The van der Waals surface area contributed by atoms with Crippen LogP contribution in [0.4, 0.5) is 0 Å². The monoisotopic (exact) mass is 429 g/mol. The van der Waals surface area contributed by atoms with Crippen LogP contribution in [0.1, 0.15) is 27.0 Å². The molecular weight excluding hydrogens is 413 g/mol. The zero-order chi connectivity index (χ0) is 21.5. The molecule has 0 atom stereocenters. The van der Waals surface area contributed by atoms with Crippen molar-refractivity contribution in [1.82, 2.24) is 0 Å². The Hall–Kier alpha value is -3.20. The van der Waals surface area contributed by atoms with Crippen molar-refractivity contribution >= 4 is 14.6 Å². The molecule has 0 unspecified atom stereocenters. The van der Waals surface area contributed by atoms with Crippen molar-refractivity contribution in [3.05, 3.63) is 82.9 Å². The molecule has 2 aliphatic heterocycles. The number of benzene rings is 3. The Kier molecular flexibility index (Phi) is 5.07. The van der Waals surface area contributed by atoms with Crippen LogP contribution in [0.3, 0.4) is 0 Å². The van der Waals surface area contributed by atoms with E-state index in [-0.39, 0.29) is 11.5 Å². The lowest BCUT2D eigenvalue weighted by molar-refractivity contribution is 0.0224. The van der Waals surface area contributed by atoms with Gasteiger partial charge in [-0.25, -0.2) is 15.3 Å². The highest BCUT2D eigenvalue weighted by atomic mass is 31.2. The maximum absolute atomic E-state index is 12.5. The van der Waals surface area contributed by atoms with Gasteiger partial charge >= 0.3 is 14.6 Å². The summed E-state index contributed by atoms with van der Waals surface area (Å²) in [6.45, 7) is 0. The summed E-state index contributed by atoms with van der Waals surface area (Å²) in [5.74, 6) is 4.61. The number of ether oxygens (including phenoxy) is 2. The molecule has 0 saturated carbocycles. The fourth-order valence-electron chi connectivity index (χ4n) is 3.65. The van der Waals surface area contributed by atoms with Crippen molar-refractivity contribution in [2.24, 2.45) is 5.90 Å². The molecule has 0 aromatic heterocycles. The topological polar surface area (TPSA) is 152 Å². The molecule has 6 N–H and O–H groups in total. The molecular formula is C20H16NO8P. The van der Waals surface area contributed by atoms with Gasteiger partial charge in [-0.05, 0) is 30.3 Å². The SMILES string of the molecule is NOP(O)O.O=C1OC2(c3ccc(O)cc3Oc3cc(O)ccc32)c2ccccc21. The maximum Gasteiger partial charge on any atom is 0.344 e. The van der Waals surface area contributed by atoms with Crippen molar-refractivity contribution in [3.63, 3.8) is 0 Å². The fourth-order valence-corrected chi connectivity index (χ4v) is 3.65. The molecule has 1 spiro atoms. The first-order valence-corrected chi connectivity index (χ1v) is 9.75. The minimum atomic E-state index is -2.32. The molecule has 0 saturated heterocycles. The largest absolute Gasteiger partial charge is 0.508 e. The lowest BCUT2D eigenvalue weighted by Gasteiger charge is -2.36. The van der Waals surface area contributed by atoms with Gasteiger partial charge in [-0.15, -0.1) is 0 Å². The van der Waals surface area contributed by atoms with Crippen LogP contribution in [0.5, 0.6) is 23.0 Å². The molecule has 0 aliphatic carbocycles. The predicted molar refractivity (Wildman–Crippen MR) is 105 cm³/mol. The van der Waals surface area contributed by atoms with Crippen LogP contribution in [0.2, 0.25) is 0 Å². The van der Waals surface area contributed by atoms with Crippen molar-refractivity contribution in [2.75, 3.05) is 0 Å². The first kappa shape index (κ1) is 20.1. The Bertz CT molecular complexity index is 1080. The van der Waals surface area contributed by atoms with E-state index in [0.717, 1.165) is 0 Å². The minimum Gasteiger partial charge on any atom is -0.508 e. The van der Waals surface area contributed by atoms with Crippen molar-refractivity contribution in [3.8, 4) is 23.0 Å². The van der Waals surface area contributed by atoms with Crippen LogP contribution in [-0.4, -0.2) is 26.0 Å². The minimum absolute atomic E-state index is 0.0371. The maximum atomic E-state index is 12.5. The van der Waals surface area contributed by atoms with Gasteiger partial charge in [-0.3, -0.25) is 0 Å². The number of phenols is 2. The molecule has 154 valence electrons. The van der Waals surface area contributed by atoms with E-state index in [4.69, 9.17) is 19.3 Å². The molecule has 0 amide bonds. The second-order valence-electron chi connectivity index (χ2n) is 6.44. The second kappa shape index (κ2) is 7.56. The van der Waals surface area contributed by atoms with Gasteiger partial charge in [0.15, 0.2) is 5.60 Å². The first-order chi connectivity index (χ1) is 14.4. The Morgan fingerprint density at radius 2 is 1.40 bits per heavy atom. The van der Waals surface area contributed by atoms with Crippen LogP contribution in [0.15, 0.2) is 60.7 Å². The van der Waals surface area contributed by atoms with E-state index in [1.807, 2.05) is 12.1 Å². The molecule has 0 radical (unpaired) electrons. The van der Waals surface area contributed by atoms with E-state index < -0.39 is 20.2 Å². The number of rotatable bonds is 1. The summed E-state index contributed by atoms with van der Waals surface area (Å²) in [5, 5.41) is 19.7. The Balaban J connectivity index is 0.000000393. The molecule has 0 fully saturated rings. The molecule has 30 heavy (non-hydrogen) atoms. The Labute approximate surface area is 171 Å². The highest BCUT2D eigenvalue weighted by Gasteiger charge is 2.53. The molecule has 2 aliphatic rings. The predicted octanol–water partition coefficient (Wildman–Crippen LogP) is 2.75. The Morgan fingerprint density at radius 3 is 1.93 bits per heavy atom. The van der Waals surface area contributed by atoms with Crippen LogP contribution < -0.4 is 10.6 Å². The van der Waals surface area contributed by atoms with Crippen molar-refractivity contribution in [1.29, 1.82) is 0 Å². The van der Waals surface area contributed by atoms with Crippen molar-refractivity contribution < 1.29 is 38.9 Å². The third-order valence-electron chi connectivity index (χ3n) is 4.78. The van der Waals surface area contributed by atoms with E-state index in [1.165, 1.54) is 24.3 Å². The van der Waals surface area contributed by atoms with E-state index in [1.54, 1.807) is 24.3 Å². The number of fused-ring (bicyclic) bond motifs is 6. The van der Waals surface area contributed by atoms with Gasteiger partial charge in [-0.2, -0.15) is 0 Å². The summed E-state index contributed by atoms with van der Waals surface area (Å²) in [4.78, 5) is 27.8. The van der Waals surface area contributed by atoms with Gasteiger partial charge in [0.05, 0.1) is 5.56 Å². The molecule has 3 aromatic carbocycles. The summed E-state index contributed by atoms with van der Waals surface area (Å²) in [7, 11) is -2.32. The number of hydrogen-bond donors (Lipinski definition) is 5. The first-order valence-electron chi connectivity index (χ1n) is 8.59. The summed E-state index contributed by atoms with van der Waals surface area (Å²) in [6.07, 6.45) is 0. The van der Waals surface area contributed by atoms with Gasteiger partial charge in [0.1, 0.15) is 23.0 Å². The number of aromatic hydroxyl groups is 2. The molecule has 2 heterocycles. The van der Waals surface area contributed by atoms with Gasteiger partial charge in [0.2, 0.25) is 0 Å². The van der Waals surface area contributed by atoms with E-state index in [2.05, 4.69) is 10.5 Å². The number of nitrogens with two attached hydrogens (primary N) is 1. The van der Waals surface area contributed by atoms with Crippen LogP contribution in [-0.2, 0) is 15.0 Å². The third-order valence-corrected chi connectivity index (χ3v) is 4.96. The second-order valence-corrected chi connectivity index (χ2v) is 7.15. The van der Waals surface area contributed by atoms with Crippen LogP contribution >= 0.6 is 8.60 Å². The number of carbonyl (C=O) groups excluding carboxylic acids is 1. The summed E-state index contributed by atoms with van der Waals surface area (Å²) >= 11 is 0. The quantitative estimate of drug-likeness (QED) is 0.223. The number of phenolic OH excluding ortho intramolecular Hbond substituents is 2. The fraction of sp³-hybridized carbons (Fsp3) is 0.0500. The van der Waals surface area contributed by atoms with Gasteiger partial charge in [0.25, 0.3) is 0 Å². The normalized spacial score (nSPS) is 14.7. The van der Waals surface area contributed by atoms with E-state index in [9.17, 15) is 15.0 Å². The molecule has 5 rings (SSSR count). The van der Waals surface area contributed by atoms with E-state index >= 15 is 0 Å². The zero-order valence-electron chi connectivity index (χ0n) is 15.2. The van der Waals surface area contributed by atoms with Gasteiger partial charge in [0, 0.05) is 28.8 Å². The van der Waals surface area contributed by atoms with Gasteiger partial charge in [-0.1, -0.05) is 18.2 Å². The molecule has 9 nitrogen and oxygen atoms in total. The summed E-state index contributed by atoms with van der Waals surface area (Å²) in [5.41, 5.74) is 1.28. The highest BCUT2D eigenvalue weighted by Crippen LogP contribution is 2.56. The standard InChI is InChI=1S/C20H12O5.H4NO3P/c21-11-5-7-15-17(9-11)24-18-10-12(22)6-8-16(18)20(15)14-4-2-1-3-13(14)19(23)25-20;1-4-5(2)3/h1-10,21-22H;2-3H,1H2. The summed E-state index contributed by atoms with van der Waals surface area (Å²) < 4.78 is 15.2. The smallest absolute Gasteiger partial charge is 0.344 e. The number of hydrogen-bond acceptors (Lipinski definition) is 9. The Morgan fingerprint density at radius 1 is 0.867 bits per heavy atom. The van der Waals surface area contributed by atoms with Crippen molar-refractivity contribution in [2.45, 2.75) is 5.60 Å². The third kappa shape index (κ3) is 3.15. The van der Waals surface area contributed by atoms with Crippen LogP contribution in [0, 0.1) is 0 Å². The van der Waals surface area contributed by atoms with Crippen LogP contribution in [0.25, 0.3) is 0 Å². The van der Waals surface area contributed by atoms with Gasteiger partial charge < -0.3 is 29.5 Å². The molecule has 0 bridgehead atoms. The number of carbonyl (C=O) groups is 1. The zero-order valence-corrected chi connectivity index (χ0v) is 16.1. The lowest BCUT2D eigenvalue weighted by atomic mass is 9.77. The molecule has 3 aromatic rings. The summed E-state index contributed by atoms with van der Waals surface area (Å²) in [6, 6.07) is 16.6. The lowest BCUT2D eigenvalue weighted by Crippen LogP contribution is -2.32. The number of esters is 1. The highest BCUT2D eigenvalue weighted by molar-refractivity contribution is 7.39. The van der Waals surface area contributed by atoms with E-state index in [0.29, 0.717) is 33.8 Å².